The van der Waals surface area contributed by atoms with E-state index in [0.717, 1.165) is 25.7 Å². The predicted molar refractivity (Wildman–Crippen MR) is 78.5 cm³/mol. The van der Waals surface area contributed by atoms with E-state index in [1.807, 2.05) is 0 Å². The smallest absolute Gasteiger partial charge is 0.257 e. The van der Waals surface area contributed by atoms with Crippen molar-refractivity contribution in [2.45, 2.75) is 31.7 Å². The van der Waals surface area contributed by atoms with Gasteiger partial charge in [0, 0.05) is 22.9 Å². The first-order chi connectivity index (χ1) is 9.13. The molecule has 0 bridgehead atoms. The van der Waals surface area contributed by atoms with Crippen molar-refractivity contribution in [1.82, 2.24) is 4.90 Å². The van der Waals surface area contributed by atoms with Gasteiger partial charge in [0.1, 0.15) is 5.82 Å². The van der Waals surface area contributed by atoms with Gasteiger partial charge in [0.05, 0.1) is 5.56 Å². The van der Waals surface area contributed by atoms with Gasteiger partial charge in [0.2, 0.25) is 0 Å². The summed E-state index contributed by atoms with van der Waals surface area (Å²) in [5.74, 6) is -0.765. The Hall–Kier alpha value is -0.610. The van der Waals surface area contributed by atoms with E-state index in [1.165, 1.54) is 18.2 Å². The molecule has 0 radical (unpaired) electrons. The quantitative estimate of drug-likeness (QED) is 0.745. The number of hydrogen-bond acceptors (Lipinski definition) is 1. The van der Waals surface area contributed by atoms with Crippen molar-refractivity contribution in [1.29, 1.82) is 0 Å². The van der Waals surface area contributed by atoms with Crippen LogP contribution in [0, 0.1) is 5.82 Å². The lowest BCUT2D eigenvalue weighted by Gasteiger charge is -2.28. The van der Waals surface area contributed by atoms with Gasteiger partial charge in [-0.2, -0.15) is 0 Å². The number of hydrogen-bond donors (Lipinski definition) is 0. The number of nitrogens with zero attached hydrogens (tertiary/aromatic N) is 1. The third kappa shape index (κ3) is 3.48. The van der Waals surface area contributed by atoms with E-state index in [0.29, 0.717) is 16.9 Å². The van der Waals surface area contributed by atoms with Gasteiger partial charge in [-0.05, 0) is 31.0 Å². The highest BCUT2D eigenvalue weighted by atomic mass is 79.9. The third-order valence-electron chi connectivity index (χ3n) is 3.51. The second kappa shape index (κ2) is 6.71. The van der Waals surface area contributed by atoms with Crippen molar-refractivity contribution in [2.24, 2.45) is 0 Å². The summed E-state index contributed by atoms with van der Waals surface area (Å²) in [5, 5.41) is 1.08. The third-order valence-corrected chi connectivity index (χ3v) is 4.10. The molecule has 104 valence electrons. The molecule has 1 aromatic carbocycles. The standard InChI is InChI=1S/C14H16BrClFNO/c15-7-8-18(11-3-1-2-4-11)14(19)12-9-10(16)5-6-13(12)17/h5-6,9,11H,1-4,7-8H2. The average molecular weight is 349 g/mol. The zero-order valence-corrected chi connectivity index (χ0v) is 12.9. The molecule has 2 nitrogen and oxygen atoms in total. The van der Waals surface area contributed by atoms with Crippen LogP contribution in [0.25, 0.3) is 0 Å². The summed E-state index contributed by atoms with van der Waals surface area (Å²) >= 11 is 9.21. The number of amides is 1. The van der Waals surface area contributed by atoms with Gasteiger partial charge in [-0.25, -0.2) is 4.39 Å². The van der Waals surface area contributed by atoms with Crippen LogP contribution in [0.15, 0.2) is 18.2 Å². The van der Waals surface area contributed by atoms with Crippen LogP contribution >= 0.6 is 27.5 Å². The molecule has 5 heteroatoms. The number of rotatable bonds is 4. The molecule has 19 heavy (non-hydrogen) atoms. The second-order valence-electron chi connectivity index (χ2n) is 4.75. The van der Waals surface area contributed by atoms with E-state index < -0.39 is 5.82 Å². The van der Waals surface area contributed by atoms with E-state index in [2.05, 4.69) is 15.9 Å². The maximum absolute atomic E-state index is 13.8. The zero-order chi connectivity index (χ0) is 13.8. The summed E-state index contributed by atoms with van der Waals surface area (Å²) in [4.78, 5) is 14.3. The first-order valence-electron chi connectivity index (χ1n) is 6.45. The van der Waals surface area contributed by atoms with E-state index in [9.17, 15) is 9.18 Å². The highest BCUT2D eigenvalue weighted by Crippen LogP contribution is 2.26. The molecular weight excluding hydrogens is 333 g/mol. The molecule has 1 amide bonds. The molecule has 1 saturated carbocycles. The molecule has 1 aliphatic carbocycles. The minimum absolute atomic E-state index is 0.0698. The summed E-state index contributed by atoms with van der Waals surface area (Å²) in [5.41, 5.74) is 0.0698. The van der Waals surface area contributed by atoms with Gasteiger partial charge in [-0.15, -0.1) is 0 Å². The topological polar surface area (TPSA) is 20.3 Å². The van der Waals surface area contributed by atoms with E-state index in [1.54, 1.807) is 4.90 Å². The SMILES string of the molecule is O=C(c1cc(Cl)ccc1F)N(CCBr)C1CCCC1. The molecular formula is C14H16BrClFNO. The monoisotopic (exact) mass is 347 g/mol. The Morgan fingerprint density at radius 3 is 2.74 bits per heavy atom. The van der Waals surface area contributed by atoms with Crippen molar-refractivity contribution in [2.75, 3.05) is 11.9 Å². The Kier molecular flexibility index (Phi) is 5.22. The van der Waals surface area contributed by atoms with Gasteiger partial charge >= 0.3 is 0 Å². The predicted octanol–water partition coefficient (Wildman–Crippen LogP) is 4.26. The number of alkyl halides is 1. The molecule has 2 rings (SSSR count). The Labute approximate surface area is 126 Å². The highest BCUT2D eigenvalue weighted by Gasteiger charge is 2.28. The average Bonchev–Trinajstić information content (AvgIpc) is 2.92. The summed E-state index contributed by atoms with van der Waals surface area (Å²) in [7, 11) is 0. The summed E-state index contributed by atoms with van der Waals surface area (Å²) < 4.78 is 13.8. The fraction of sp³-hybridized carbons (Fsp3) is 0.500. The fourth-order valence-electron chi connectivity index (χ4n) is 2.57. The largest absolute Gasteiger partial charge is 0.335 e. The minimum Gasteiger partial charge on any atom is -0.335 e. The summed E-state index contributed by atoms with van der Waals surface area (Å²) in [6.07, 6.45) is 4.27. The van der Waals surface area contributed by atoms with Crippen LogP contribution in [-0.4, -0.2) is 28.7 Å². The number of carbonyl (C=O) groups is 1. The summed E-state index contributed by atoms with van der Waals surface area (Å²) in [6, 6.07) is 4.34. The van der Waals surface area contributed by atoms with Gasteiger partial charge in [-0.3, -0.25) is 4.79 Å². The Bertz CT molecular complexity index is 463. The van der Waals surface area contributed by atoms with Crippen molar-refractivity contribution < 1.29 is 9.18 Å². The van der Waals surface area contributed by atoms with Crippen LogP contribution in [0.4, 0.5) is 4.39 Å². The van der Waals surface area contributed by atoms with Crippen molar-refractivity contribution >= 4 is 33.4 Å². The lowest BCUT2D eigenvalue weighted by molar-refractivity contribution is 0.0691. The Morgan fingerprint density at radius 1 is 1.42 bits per heavy atom. The zero-order valence-electron chi connectivity index (χ0n) is 10.5. The van der Waals surface area contributed by atoms with Crippen LogP contribution < -0.4 is 0 Å². The van der Waals surface area contributed by atoms with Crippen LogP contribution in [0.1, 0.15) is 36.0 Å². The van der Waals surface area contributed by atoms with Crippen LogP contribution in [0.5, 0.6) is 0 Å². The minimum atomic E-state index is -0.507. The molecule has 0 aliphatic heterocycles. The first kappa shape index (κ1) is 14.8. The molecule has 0 spiro atoms. The van der Waals surface area contributed by atoms with Gasteiger partial charge in [0.15, 0.2) is 0 Å². The Morgan fingerprint density at radius 2 is 2.11 bits per heavy atom. The number of halogens is 3. The normalized spacial score (nSPS) is 15.7. The summed E-state index contributed by atoms with van der Waals surface area (Å²) in [6.45, 7) is 0.593. The van der Waals surface area contributed by atoms with Crippen molar-refractivity contribution in [3.63, 3.8) is 0 Å². The molecule has 1 aliphatic rings. The second-order valence-corrected chi connectivity index (χ2v) is 5.98. The molecule has 0 atom stereocenters. The fourth-order valence-corrected chi connectivity index (χ4v) is 3.13. The van der Waals surface area contributed by atoms with E-state index >= 15 is 0 Å². The molecule has 0 N–H and O–H groups in total. The number of carbonyl (C=O) groups excluding carboxylic acids is 1. The van der Waals surface area contributed by atoms with E-state index in [-0.39, 0.29) is 17.5 Å². The highest BCUT2D eigenvalue weighted by molar-refractivity contribution is 9.09. The molecule has 0 aromatic heterocycles. The van der Waals surface area contributed by atoms with Gasteiger partial charge in [-0.1, -0.05) is 40.4 Å². The Balaban J connectivity index is 2.25. The molecule has 0 unspecified atom stereocenters. The lowest BCUT2D eigenvalue weighted by atomic mass is 10.1. The number of benzene rings is 1. The van der Waals surface area contributed by atoms with Gasteiger partial charge in [0.25, 0.3) is 5.91 Å². The first-order valence-corrected chi connectivity index (χ1v) is 7.95. The molecule has 0 heterocycles. The van der Waals surface area contributed by atoms with Crippen LogP contribution in [0.2, 0.25) is 5.02 Å². The van der Waals surface area contributed by atoms with E-state index in [4.69, 9.17) is 11.6 Å². The van der Waals surface area contributed by atoms with Crippen LogP contribution in [-0.2, 0) is 0 Å². The maximum Gasteiger partial charge on any atom is 0.257 e. The van der Waals surface area contributed by atoms with Crippen molar-refractivity contribution in [3.05, 3.63) is 34.6 Å². The van der Waals surface area contributed by atoms with Gasteiger partial charge < -0.3 is 4.90 Å². The maximum atomic E-state index is 13.8. The van der Waals surface area contributed by atoms with Crippen LogP contribution in [0.3, 0.4) is 0 Å². The molecule has 0 saturated heterocycles. The van der Waals surface area contributed by atoms with Crippen molar-refractivity contribution in [3.8, 4) is 0 Å². The molecule has 1 fully saturated rings. The lowest BCUT2D eigenvalue weighted by Crippen LogP contribution is -2.40. The molecule has 1 aromatic rings.